The summed E-state index contributed by atoms with van der Waals surface area (Å²) in [6, 6.07) is 18.0. The summed E-state index contributed by atoms with van der Waals surface area (Å²) >= 11 is 0. The molecule has 164 valence electrons. The number of nitrogens with two attached hydrogens (primary N) is 1. The van der Waals surface area contributed by atoms with Crippen LogP contribution in [0, 0.1) is 11.3 Å². The van der Waals surface area contributed by atoms with Gasteiger partial charge in [-0.25, -0.2) is 9.97 Å². The topological polar surface area (TPSA) is 112 Å². The first-order valence-corrected chi connectivity index (χ1v) is 10.7. The van der Waals surface area contributed by atoms with Crippen molar-refractivity contribution in [2.45, 2.75) is 6.54 Å². The molecule has 0 bridgehead atoms. The van der Waals surface area contributed by atoms with Crippen LogP contribution in [0.2, 0.25) is 0 Å². The summed E-state index contributed by atoms with van der Waals surface area (Å²) in [5, 5.41) is 16.0. The Morgan fingerprint density at radius 3 is 2.81 bits per heavy atom. The molecule has 2 heterocycles. The zero-order chi connectivity index (χ0) is 22.2. The molecule has 32 heavy (non-hydrogen) atoms. The van der Waals surface area contributed by atoms with Crippen LogP contribution in [0.25, 0.3) is 11.3 Å². The molecule has 1 aliphatic rings. The zero-order valence-electron chi connectivity index (χ0n) is 17.9. The molecule has 0 radical (unpaired) electrons. The Balaban J connectivity index is 1.49. The number of nitrogens with zero attached hydrogens (tertiary/aromatic N) is 4. The number of anilines is 3. The summed E-state index contributed by atoms with van der Waals surface area (Å²) in [6.07, 6.45) is 1.72. The van der Waals surface area contributed by atoms with Crippen molar-refractivity contribution in [3.05, 3.63) is 65.9 Å². The van der Waals surface area contributed by atoms with Gasteiger partial charge in [-0.2, -0.15) is 5.26 Å². The molecule has 1 aliphatic heterocycles. The normalized spacial score (nSPS) is 14.0. The smallest absolute Gasteiger partial charge is 0.227 e. The fourth-order valence-corrected chi connectivity index (χ4v) is 3.63. The van der Waals surface area contributed by atoms with Crippen molar-refractivity contribution < 1.29 is 4.74 Å². The number of morpholine rings is 1. The number of nitriles is 1. The highest BCUT2D eigenvalue weighted by molar-refractivity contribution is 5.69. The third kappa shape index (κ3) is 5.59. The van der Waals surface area contributed by atoms with Crippen molar-refractivity contribution in [2.75, 3.05) is 50.0 Å². The van der Waals surface area contributed by atoms with Gasteiger partial charge in [-0.1, -0.05) is 18.2 Å². The second-order valence-corrected chi connectivity index (χ2v) is 7.57. The molecule has 1 fully saturated rings. The van der Waals surface area contributed by atoms with Gasteiger partial charge in [0.2, 0.25) is 5.95 Å². The minimum Gasteiger partial charge on any atom is -0.383 e. The molecule has 0 spiro atoms. The van der Waals surface area contributed by atoms with E-state index in [0.717, 1.165) is 55.5 Å². The summed E-state index contributed by atoms with van der Waals surface area (Å²) < 4.78 is 5.43. The number of ether oxygens (including phenoxy) is 1. The maximum Gasteiger partial charge on any atom is 0.227 e. The Morgan fingerprint density at radius 2 is 2.00 bits per heavy atom. The number of hydrogen-bond donors (Lipinski definition) is 3. The van der Waals surface area contributed by atoms with E-state index in [1.165, 1.54) is 5.56 Å². The van der Waals surface area contributed by atoms with Crippen molar-refractivity contribution in [3.63, 3.8) is 0 Å². The average Bonchev–Trinajstić information content (AvgIpc) is 2.83. The Bertz CT molecular complexity index is 1090. The van der Waals surface area contributed by atoms with Crippen LogP contribution in [0.1, 0.15) is 11.1 Å². The fraction of sp³-hybridized carbons (Fsp3) is 0.292. The zero-order valence-corrected chi connectivity index (χ0v) is 17.9. The Labute approximate surface area is 188 Å². The van der Waals surface area contributed by atoms with Gasteiger partial charge in [0.15, 0.2) is 0 Å². The van der Waals surface area contributed by atoms with Crippen molar-refractivity contribution in [1.82, 2.24) is 14.9 Å². The van der Waals surface area contributed by atoms with Crippen LogP contribution in [0.4, 0.5) is 17.3 Å². The van der Waals surface area contributed by atoms with E-state index in [1.807, 2.05) is 36.4 Å². The molecule has 4 rings (SSSR count). The van der Waals surface area contributed by atoms with E-state index in [9.17, 15) is 5.26 Å². The molecule has 8 nitrogen and oxygen atoms in total. The standard InChI is InChI=1S/C24H27N7O/c25-7-9-27-22-5-4-19(15-20(22)16-26)23-6-8-28-24(30-23)29-21-3-1-2-18(14-21)17-31-10-12-32-13-11-31/h1-6,8,14-15,27H,7,9-13,17,25H2,(H,28,29,30). The van der Waals surface area contributed by atoms with E-state index < -0.39 is 0 Å². The van der Waals surface area contributed by atoms with E-state index in [4.69, 9.17) is 10.5 Å². The van der Waals surface area contributed by atoms with Crippen LogP contribution in [0.3, 0.4) is 0 Å². The monoisotopic (exact) mass is 429 g/mol. The van der Waals surface area contributed by atoms with Gasteiger partial charge in [0.1, 0.15) is 6.07 Å². The first kappa shape index (κ1) is 21.7. The Morgan fingerprint density at radius 1 is 1.12 bits per heavy atom. The number of aromatic nitrogens is 2. The minimum atomic E-state index is 0.501. The van der Waals surface area contributed by atoms with E-state index in [2.05, 4.69) is 43.7 Å². The summed E-state index contributed by atoms with van der Waals surface area (Å²) in [7, 11) is 0. The molecule has 0 amide bonds. The molecular formula is C24H27N7O. The molecular weight excluding hydrogens is 402 g/mol. The van der Waals surface area contributed by atoms with Gasteiger partial charge in [0.05, 0.1) is 30.2 Å². The number of hydrogen-bond acceptors (Lipinski definition) is 8. The second kappa shape index (κ2) is 10.7. The second-order valence-electron chi connectivity index (χ2n) is 7.57. The molecule has 1 aromatic heterocycles. The molecule has 0 atom stereocenters. The predicted molar refractivity (Wildman–Crippen MR) is 126 cm³/mol. The molecule has 3 aromatic rings. The van der Waals surface area contributed by atoms with Gasteiger partial charge >= 0.3 is 0 Å². The first-order chi connectivity index (χ1) is 15.7. The third-order valence-electron chi connectivity index (χ3n) is 5.24. The summed E-state index contributed by atoms with van der Waals surface area (Å²) in [5.74, 6) is 0.509. The number of rotatable bonds is 8. The largest absolute Gasteiger partial charge is 0.383 e. The van der Waals surface area contributed by atoms with E-state index in [-0.39, 0.29) is 0 Å². The maximum absolute atomic E-state index is 9.51. The van der Waals surface area contributed by atoms with Crippen LogP contribution in [-0.4, -0.2) is 54.3 Å². The lowest BCUT2D eigenvalue weighted by Gasteiger charge is -2.26. The van der Waals surface area contributed by atoms with Crippen LogP contribution < -0.4 is 16.4 Å². The van der Waals surface area contributed by atoms with Gasteiger partial charge in [-0.05, 0) is 35.9 Å². The molecule has 0 aliphatic carbocycles. The van der Waals surface area contributed by atoms with Crippen molar-refractivity contribution in [2.24, 2.45) is 5.73 Å². The van der Waals surface area contributed by atoms with Gasteiger partial charge in [0, 0.05) is 50.2 Å². The van der Waals surface area contributed by atoms with Crippen LogP contribution in [-0.2, 0) is 11.3 Å². The van der Waals surface area contributed by atoms with Gasteiger partial charge in [-0.15, -0.1) is 0 Å². The maximum atomic E-state index is 9.51. The molecule has 2 aromatic carbocycles. The van der Waals surface area contributed by atoms with Crippen LogP contribution >= 0.6 is 0 Å². The van der Waals surface area contributed by atoms with Crippen molar-refractivity contribution >= 4 is 17.3 Å². The van der Waals surface area contributed by atoms with Crippen molar-refractivity contribution in [1.29, 1.82) is 5.26 Å². The highest BCUT2D eigenvalue weighted by Gasteiger charge is 2.11. The lowest BCUT2D eigenvalue weighted by molar-refractivity contribution is 0.0342. The predicted octanol–water partition coefficient (Wildman–Crippen LogP) is 2.96. The SMILES string of the molecule is N#Cc1cc(-c2ccnc(Nc3cccc(CN4CCOCC4)c3)n2)ccc1NCCN. The molecule has 1 saturated heterocycles. The van der Waals surface area contributed by atoms with Gasteiger partial charge < -0.3 is 21.1 Å². The third-order valence-corrected chi connectivity index (χ3v) is 5.24. The lowest BCUT2D eigenvalue weighted by atomic mass is 10.1. The number of nitrogens with one attached hydrogen (secondary N) is 2. The summed E-state index contributed by atoms with van der Waals surface area (Å²) in [6.45, 7) is 5.48. The molecule has 0 saturated carbocycles. The average molecular weight is 430 g/mol. The molecule has 0 unspecified atom stereocenters. The van der Waals surface area contributed by atoms with Gasteiger partial charge in [0.25, 0.3) is 0 Å². The Hall–Kier alpha value is -3.51. The first-order valence-electron chi connectivity index (χ1n) is 10.7. The fourth-order valence-electron chi connectivity index (χ4n) is 3.63. The summed E-state index contributed by atoms with van der Waals surface area (Å²) in [4.78, 5) is 11.4. The van der Waals surface area contributed by atoms with Gasteiger partial charge in [-0.3, -0.25) is 4.90 Å². The highest BCUT2D eigenvalue weighted by Crippen LogP contribution is 2.25. The number of benzene rings is 2. The molecule has 4 N–H and O–H groups in total. The quantitative estimate of drug-likeness (QED) is 0.501. The van der Waals surface area contributed by atoms with Crippen LogP contribution in [0.15, 0.2) is 54.7 Å². The Kier molecular flexibility index (Phi) is 7.25. The van der Waals surface area contributed by atoms with Crippen molar-refractivity contribution in [3.8, 4) is 17.3 Å². The lowest BCUT2D eigenvalue weighted by Crippen LogP contribution is -2.35. The van der Waals surface area contributed by atoms with E-state index >= 15 is 0 Å². The van der Waals surface area contributed by atoms with E-state index in [1.54, 1.807) is 6.20 Å². The minimum absolute atomic E-state index is 0.501. The highest BCUT2D eigenvalue weighted by atomic mass is 16.5. The summed E-state index contributed by atoms with van der Waals surface area (Å²) in [5.41, 5.74) is 10.6. The van der Waals surface area contributed by atoms with Crippen LogP contribution in [0.5, 0.6) is 0 Å². The molecule has 8 heteroatoms. The van der Waals surface area contributed by atoms with E-state index in [0.29, 0.717) is 24.6 Å².